The van der Waals surface area contributed by atoms with Gasteiger partial charge in [-0.15, -0.1) is 0 Å². The van der Waals surface area contributed by atoms with Crippen LogP contribution in [0.3, 0.4) is 0 Å². The molecule has 0 amide bonds. The highest BCUT2D eigenvalue weighted by molar-refractivity contribution is 5.42. The largest absolute Gasteiger partial charge is 0.504 e. The molecular weight excluding hydrogens is 502 g/mol. The standard InChI is InChI=1S/C33H49N3O4/c1-2-23-5-3-6-25(11-8-23)31(39)22-29(37)12-9-24-10-13-30(38)32(19-24)40-18-15-27(20-28-7-4-16-35-28)26-14-17-36-33(34)21-26/h4,7,10,13-14,16,19,21,23,25,27,29,31,35-39H,2-3,5-6,8-9,11-12,15,17-18,20,22,34H2,1H3/t23-,25+,27-,29-,31-/m1/s1. The second kappa shape index (κ2) is 15.2. The van der Waals surface area contributed by atoms with E-state index in [1.54, 1.807) is 6.07 Å². The van der Waals surface area contributed by atoms with Crippen molar-refractivity contribution >= 4 is 0 Å². The predicted octanol–water partition coefficient (Wildman–Crippen LogP) is 5.33. The van der Waals surface area contributed by atoms with E-state index in [4.69, 9.17) is 10.5 Å². The van der Waals surface area contributed by atoms with E-state index in [9.17, 15) is 15.3 Å². The number of phenols is 1. The van der Waals surface area contributed by atoms with Gasteiger partial charge >= 0.3 is 0 Å². The van der Waals surface area contributed by atoms with Gasteiger partial charge in [-0.3, -0.25) is 0 Å². The third-order valence-corrected chi connectivity index (χ3v) is 8.85. The number of nitrogens with two attached hydrogens (primary N) is 1. The summed E-state index contributed by atoms with van der Waals surface area (Å²) >= 11 is 0. The molecule has 0 radical (unpaired) electrons. The molecule has 40 heavy (non-hydrogen) atoms. The summed E-state index contributed by atoms with van der Waals surface area (Å²) in [5.41, 5.74) is 9.38. The molecule has 7 N–H and O–H groups in total. The molecule has 0 spiro atoms. The molecule has 7 heteroatoms. The summed E-state index contributed by atoms with van der Waals surface area (Å²) in [5, 5.41) is 35.1. The van der Waals surface area contributed by atoms with Crippen LogP contribution in [0.2, 0.25) is 0 Å². The van der Waals surface area contributed by atoms with Crippen molar-refractivity contribution in [1.29, 1.82) is 0 Å². The SMILES string of the molecule is CC[C@@H]1CCC[C@H]([C@H](O)C[C@H](O)CCc2ccc(O)c(OCC[C@H](Cc3ccc[nH]3)C3=CCNC(N)=C3)c2)CC1. The summed E-state index contributed by atoms with van der Waals surface area (Å²) in [6, 6.07) is 9.50. The van der Waals surface area contributed by atoms with Crippen LogP contribution in [0.5, 0.6) is 11.5 Å². The van der Waals surface area contributed by atoms with Gasteiger partial charge in [0.25, 0.3) is 0 Å². The van der Waals surface area contributed by atoms with E-state index in [0.717, 1.165) is 42.9 Å². The lowest BCUT2D eigenvalue weighted by Gasteiger charge is -2.24. The smallest absolute Gasteiger partial charge is 0.161 e. The number of ether oxygens (including phenoxy) is 1. The highest BCUT2D eigenvalue weighted by Crippen LogP contribution is 2.33. The molecule has 1 aromatic heterocycles. The minimum absolute atomic E-state index is 0.115. The zero-order chi connectivity index (χ0) is 28.3. The normalized spacial score (nSPS) is 21.9. The summed E-state index contributed by atoms with van der Waals surface area (Å²) in [6.07, 6.45) is 15.4. The zero-order valence-corrected chi connectivity index (χ0v) is 24.0. The fraction of sp³-hybridized carbons (Fsp3) is 0.576. The van der Waals surface area contributed by atoms with Crippen molar-refractivity contribution in [2.45, 2.75) is 89.8 Å². The molecule has 1 saturated carbocycles. The number of aromatic amines is 1. The van der Waals surface area contributed by atoms with Crippen LogP contribution in [0.25, 0.3) is 0 Å². The molecule has 1 fully saturated rings. The van der Waals surface area contributed by atoms with E-state index >= 15 is 0 Å². The minimum Gasteiger partial charge on any atom is -0.504 e. The van der Waals surface area contributed by atoms with Gasteiger partial charge in [-0.1, -0.05) is 44.7 Å². The number of benzene rings is 1. The number of dihydropyridines is 1. The number of aromatic nitrogens is 1. The third kappa shape index (κ3) is 9.07. The van der Waals surface area contributed by atoms with Crippen LogP contribution < -0.4 is 15.8 Å². The molecule has 1 aromatic carbocycles. The first-order chi connectivity index (χ1) is 19.4. The topological polar surface area (TPSA) is 124 Å². The monoisotopic (exact) mass is 551 g/mol. The number of aromatic hydroxyl groups is 1. The highest BCUT2D eigenvalue weighted by atomic mass is 16.5. The number of phenolic OH excluding ortho intramolecular Hbond substituents is 1. The second-order valence-electron chi connectivity index (χ2n) is 11.8. The molecule has 5 atom stereocenters. The van der Waals surface area contributed by atoms with Gasteiger partial charge in [-0.2, -0.15) is 0 Å². The molecule has 1 aliphatic heterocycles. The highest BCUT2D eigenvalue weighted by Gasteiger charge is 2.25. The number of hydrogen-bond donors (Lipinski definition) is 6. The van der Waals surface area contributed by atoms with Crippen LogP contribution in [0.15, 0.2) is 60.1 Å². The summed E-state index contributed by atoms with van der Waals surface area (Å²) in [6.45, 7) is 3.43. The Morgan fingerprint density at radius 3 is 2.75 bits per heavy atom. The Morgan fingerprint density at radius 1 is 1.10 bits per heavy atom. The van der Waals surface area contributed by atoms with Crippen molar-refractivity contribution in [2.24, 2.45) is 23.5 Å². The Morgan fingerprint density at radius 2 is 1.98 bits per heavy atom. The first-order valence-electron chi connectivity index (χ1n) is 15.3. The molecule has 2 heterocycles. The molecule has 0 saturated heterocycles. The summed E-state index contributed by atoms with van der Waals surface area (Å²) in [4.78, 5) is 3.29. The fourth-order valence-electron chi connectivity index (χ4n) is 6.27. The summed E-state index contributed by atoms with van der Waals surface area (Å²) in [5.74, 6) is 2.57. The van der Waals surface area contributed by atoms with Gasteiger partial charge < -0.3 is 36.1 Å². The molecule has 0 bridgehead atoms. The van der Waals surface area contributed by atoms with Crippen LogP contribution in [-0.4, -0.2) is 45.7 Å². The second-order valence-corrected chi connectivity index (χ2v) is 11.8. The van der Waals surface area contributed by atoms with Crippen molar-refractivity contribution in [3.63, 3.8) is 0 Å². The summed E-state index contributed by atoms with van der Waals surface area (Å²) in [7, 11) is 0. The van der Waals surface area contributed by atoms with Gasteiger partial charge in [0.05, 0.1) is 24.6 Å². The Hall–Kier alpha value is -2.90. The van der Waals surface area contributed by atoms with E-state index in [1.165, 1.54) is 31.3 Å². The van der Waals surface area contributed by atoms with Crippen molar-refractivity contribution in [3.8, 4) is 11.5 Å². The van der Waals surface area contributed by atoms with Crippen molar-refractivity contribution in [2.75, 3.05) is 13.2 Å². The number of rotatable bonds is 14. The number of hydrogen-bond acceptors (Lipinski definition) is 6. The Bertz CT molecular complexity index is 1100. The Kier molecular flexibility index (Phi) is 11.4. The maximum Gasteiger partial charge on any atom is 0.161 e. The molecule has 0 unspecified atom stereocenters. The Labute approximate surface area is 239 Å². The van der Waals surface area contributed by atoms with Crippen LogP contribution in [0, 0.1) is 17.8 Å². The summed E-state index contributed by atoms with van der Waals surface area (Å²) < 4.78 is 6.07. The Balaban J connectivity index is 1.27. The molecule has 1 aliphatic carbocycles. The van der Waals surface area contributed by atoms with Crippen molar-refractivity contribution in [3.05, 3.63) is 71.3 Å². The van der Waals surface area contributed by atoms with Gasteiger partial charge in [0.1, 0.15) is 0 Å². The van der Waals surface area contributed by atoms with Gasteiger partial charge in [0, 0.05) is 18.4 Å². The number of aliphatic hydroxyl groups is 2. The average Bonchev–Trinajstić information content (AvgIpc) is 3.34. The molecule has 7 nitrogen and oxygen atoms in total. The van der Waals surface area contributed by atoms with Gasteiger partial charge in [0.2, 0.25) is 0 Å². The lowest BCUT2D eigenvalue weighted by Crippen LogP contribution is -2.26. The van der Waals surface area contributed by atoms with Gasteiger partial charge in [-0.25, -0.2) is 0 Å². The number of H-pyrrole nitrogens is 1. The molecule has 220 valence electrons. The predicted molar refractivity (Wildman–Crippen MR) is 160 cm³/mol. The van der Waals surface area contributed by atoms with E-state index in [1.807, 2.05) is 30.5 Å². The minimum atomic E-state index is -0.550. The van der Waals surface area contributed by atoms with E-state index in [0.29, 0.717) is 49.9 Å². The maximum atomic E-state index is 10.8. The molecule has 2 aliphatic rings. The van der Waals surface area contributed by atoms with Gasteiger partial charge in [0.15, 0.2) is 11.5 Å². The number of allylic oxidation sites excluding steroid dienone is 2. The quantitative estimate of drug-likeness (QED) is 0.176. The fourth-order valence-corrected chi connectivity index (χ4v) is 6.27. The number of aryl methyl sites for hydroxylation is 1. The first-order valence-corrected chi connectivity index (χ1v) is 15.3. The van der Waals surface area contributed by atoms with Gasteiger partial charge in [-0.05, 0) is 104 Å². The van der Waals surface area contributed by atoms with Crippen molar-refractivity contribution < 1.29 is 20.1 Å². The molecule has 2 aromatic rings. The molecular formula is C33H49N3O4. The number of aliphatic hydroxyl groups excluding tert-OH is 2. The van der Waals surface area contributed by atoms with E-state index < -0.39 is 12.2 Å². The van der Waals surface area contributed by atoms with Crippen LogP contribution >= 0.6 is 0 Å². The lowest BCUT2D eigenvalue weighted by molar-refractivity contribution is 0.0352. The lowest BCUT2D eigenvalue weighted by atomic mass is 9.89. The van der Waals surface area contributed by atoms with E-state index in [2.05, 4.69) is 29.4 Å². The van der Waals surface area contributed by atoms with Crippen LogP contribution in [0.1, 0.15) is 76.0 Å². The number of nitrogens with one attached hydrogen (secondary N) is 2. The van der Waals surface area contributed by atoms with Crippen LogP contribution in [-0.2, 0) is 12.8 Å². The maximum absolute atomic E-state index is 10.8. The van der Waals surface area contributed by atoms with Crippen molar-refractivity contribution in [1.82, 2.24) is 10.3 Å². The first kappa shape index (κ1) is 30.1. The third-order valence-electron chi connectivity index (χ3n) is 8.85. The average molecular weight is 552 g/mol. The molecule has 4 rings (SSSR count). The van der Waals surface area contributed by atoms with E-state index in [-0.39, 0.29) is 11.7 Å². The zero-order valence-electron chi connectivity index (χ0n) is 24.0. The van der Waals surface area contributed by atoms with Crippen LogP contribution in [0.4, 0.5) is 0 Å².